The first kappa shape index (κ1) is 15.0. The molecule has 1 aliphatic rings. The lowest BCUT2D eigenvalue weighted by molar-refractivity contribution is -0.384. The van der Waals surface area contributed by atoms with E-state index in [2.05, 4.69) is 17.4 Å². The van der Waals surface area contributed by atoms with Crippen molar-refractivity contribution < 1.29 is 9.72 Å². The Labute approximate surface area is 133 Å². The van der Waals surface area contributed by atoms with Gasteiger partial charge >= 0.3 is 0 Å². The molecular formula is C17H17N3O3. The highest BCUT2D eigenvalue weighted by Gasteiger charge is 2.23. The van der Waals surface area contributed by atoms with Gasteiger partial charge in [0.1, 0.15) is 5.69 Å². The van der Waals surface area contributed by atoms with E-state index in [1.807, 2.05) is 12.1 Å². The predicted octanol–water partition coefficient (Wildman–Crippen LogP) is 3.18. The number of anilines is 1. The van der Waals surface area contributed by atoms with Crippen LogP contribution >= 0.6 is 0 Å². The molecule has 3 N–H and O–H groups in total. The van der Waals surface area contributed by atoms with Crippen molar-refractivity contribution >= 4 is 17.3 Å². The third-order valence-electron chi connectivity index (χ3n) is 4.18. The number of nitrogens with two attached hydrogens (primary N) is 1. The van der Waals surface area contributed by atoms with Gasteiger partial charge in [-0.05, 0) is 42.5 Å². The number of aryl methyl sites for hydroxylation is 1. The molecule has 0 saturated carbocycles. The number of hydrogen-bond acceptors (Lipinski definition) is 4. The number of carbonyl (C=O) groups excluding carboxylic acids is 1. The summed E-state index contributed by atoms with van der Waals surface area (Å²) in [5.74, 6) is -0.678. The fourth-order valence-electron chi connectivity index (χ4n) is 3.05. The van der Waals surface area contributed by atoms with Crippen molar-refractivity contribution in [3.05, 3.63) is 69.3 Å². The molecule has 0 radical (unpaired) electrons. The summed E-state index contributed by atoms with van der Waals surface area (Å²) in [4.78, 5) is 22.0. The van der Waals surface area contributed by atoms with Crippen molar-refractivity contribution in [3.8, 4) is 0 Å². The van der Waals surface area contributed by atoms with Gasteiger partial charge in [-0.3, -0.25) is 14.9 Å². The molecule has 0 aromatic heterocycles. The highest BCUT2D eigenvalue weighted by molar-refractivity contribution is 5.94. The van der Waals surface area contributed by atoms with Crippen LogP contribution in [0.5, 0.6) is 0 Å². The van der Waals surface area contributed by atoms with Crippen LogP contribution in [0.1, 0.15) is 40.4 Å². The highest BCUT2D eigenvalue weighted by Crippen LogP contribution is 2.35. The molecule has 0 spiro atoms. The quantitative estimate of drug-likeness (QED) is 0.669. The van der Waals surface area contributed by atoms with Crippen molar-refractivity contribution in [2.75, 3.05) is 5.32 Å². The molecule has 3 rings (SSSR count). The first-order chi connectivity index (χ1) is 11.1. The molecule has 1 atom stereocenters. The summed E-state index contributed by atoms with van der Waals surface area (Å²) in [7, 11) is 0. The normalized spacial score (nSPS) is 16.4. The number of amides is 1. The molecule has 1 amide bonds. The second-order valence-electron chi connectivity index (χ2n) is 5.64. The molecule has 0 saturated heterocycles. The Morgan fingerprint density at radius 1 is 1.26 bits per heavy atom. The second-order valence-corrected chi connectivity index (χ2v) is 5.64. The standard InChI is InChI=1S/C17H17N3O3/c18-17(21)12-8-9-15(16(10-12)20(22)23)19-14-7-3-5-11-4-1-2-6-13(11)14/h1-2,4,6,8-10,14,19H,3,5,7H2,(H2,18,21). The van der Waals surface area contributed by atoms with E-state index in [4.69, 9.17) is 5.73 Å². The van der Waals surface area contributed by atoms with Gasteiger partial charge in [-0.1, -0.05) is 24.3 Å². The van der Waals surface area contributed by atoms with Gasteiger partial charge in [0.05, 0.1) is 11.0 Å². The monoisotopic (exact) mass is 311 g/mol. The third kappa shape index (κ3) is 3.01. The Kier molecular flexibility index (Phi) is 3.97. The van der Waals surface area contributed by atoms with Crippen LogP contribution in [-0.4, -0.2) is 10.8 Å². The van der Waals surface area contributed by atoms with Crippen LogP contribution in [0.4, 0.5) is 11.4 Å². The maximum Gasteiger partial charge on any atom is 0.293 e. The van der Waals surface area contributed by atoms with Crippen LogP contribution in [0.25, 0.3) is 0 Å². The number of primary amides is 1. The number of nitro groups is 1. The number of nitrogens with one attached hydrogen (secondary N) is 1. The SMILES string of the molecule is NC(=O)c1ccc(NC2CCCc3ccccc32)c([N+](=O)[O-])c1. The zero-order chi connectivity index (χ0) is 16.4. The van der Waals surface area contributed by atoms with Gasteiger partial charge in [0, 0.05) is 11.6 Å². The molecule has 0 aliphatic heterocycles. The molecule has 1 aliphatic carbocycles. The largest absolute Gasteiger partial charge is 0.373 e. The lowest BCUT2D eigenvalue weighted by atomic mass is 9.87. The van der Waals surface area contributed by atoms with Gasteiger partial charge < -0.3 is 11.1 Å². The van der Waals surface area contributed by atoms with Crippen LogP contribution in [0.15, 0.2) is 42.5 Å². The van der Waals surface area contributed by atoms with Crippen LogP contribution in [0.2, 0.25) is 0 Å². The zero-order valence-electron chi connectivity index (χ0n) is 12.5. The van der Waals surface area contributed by atoms with Crippen LogP contribution in [0.3, 0.4) is 0 Å². The average Bonchev–Trinajstić information content (AvgIpc) is 2.55. The summed E-state index contributed by atoms with van der Waals surface area (Å²) < 4.78 is 0. The van der Waals surface area contributed by atoms with E-state index in [1.165, 1.54) is 23.3 Å². The fraction of sp³-hybridized carbons (Fsp3) is 0.235. The molecule has 0 fully saturated rings. The molecule has 1 unspecified atom stereocenters. The van der Waals surface area contributed by atoms with Gasteiger partial charge in [0.25, 0.3) is 5.69 Å². The Morgan fingerprint density at radius 3 is 2.78 bits per heavy atom. The Balaban J connectivity index is 1.95. The smallest absolute Gasteiger partial charge is 0.293 e. The lowest BCUT2D eigenvalue weighted by Crippen LogP contribution is -2.18. The van der Waals surface area contributed by atoms with Crippen LogP contribution in [-0.2, 0) is 6.42 Å². The van der Waals surface area contributed by atoms with Crippen molar-refractivity contribution in [1.29, 1.82) is 0 Å². The Bertz CT molecular complexity index is 773. The van der Waals surface area contributed by atoms with Crippen molar-refractivity contribution in [3.63, 3.8) is 0 Å². The molecule has 6 nitrogen and oxygen atoms in total. The summed E-state index contributed by atoms with van der Waals surface area (Å²) in [6.07, 6.45) is 2.96. The van der Waals surface area contributed by atoms with Gasteiger partial charge in [-0.2, -0.15) is 0 Å². The second kappa shape index (κ2) is 6.08. The summed E-state index contributed by atoms with van der Waals surface area (Å²) in [5, 5.41) is 14.6. The van der Waals surface area contributed by atoms with E-state index in [0.717, 1.165) is 19.3 Å². The molecule has 0 heterocycles. The Hall–Kier alpha value is -2.89. The first-order valence-electron chi connectivity index (χ1n) is 7.49. The van der Waals surface area contributed by atoms with Gasteiger partial charge in [-0.25, -0.2) is 0 Å². The van der Waals surface area contributed by atoms with E-state index in [9.17, 15) is 14.9 Å². The molecule has 2 aromatic carbocycles. The van der Waals surface area contributed by atoms with E-state index in [0.29, 0.717) is 5.69 Å². The third-order valence-corrected chi connectivity index (χ3v) is 4.18. The fourth-order valence-corrected chi connectivity index (χ4v) is 3.05. The molecular weight excluding hydrogens is 294 g/mol. The minimum absolute atomic E-state index is 0.0260. The number of rotatable bonds is 4. The number of carbonyl (C=O) groups is 1. The number of hydrogen-bond donors (Lipinski definition) is 2. The molecule has 0 bridgehead atoms. The van der Waals surface area contributed by atoms with E-state index < -0.39 is 10.8 Å². The topological polar surface area (TPSA) is 98.3 Å². The number of fused-ring (bicyclic) bond motifs is 1. The number of benzene rings is 2. The maximum atomic E-state index is 11.3. The zero-order valence-corrected chi connectivity index (χ0v) is 12.5. The number of nitrogens with zero attached hydrogens (tertiary/aromatic N) is 1. The van der Waals surface area contributed by atoms with Crippen molar-refractivity contribution in [2.24, 2.45) is 5.73 Å². The van der Waals surface area contributed by atoms with Crippen LogP contribution < -0.4 is 11.1 Å². The minimum Gasteiger partial charge on any atom is -0.373 e. The van der Waals surface area contributed by atoms with E-state index in [1.54, 1.807) is 6.07 Å². The van der Waals surface area contributed by atoms with Crippen molar-refractivity contribution in [2.45, 2.75) is 25.3 Å². The predicted molar refractivity (Wildman–Crippen MR) is 87.4 cm³/mol. The summed E-state index contributed by atoms with van der Waals surface area (Å²) >= 11 is 0. The summed E-state index contributed by atoms with van der Waals surface area (Å²) in [6, 6.07) is 12.4. The molecule has 23 heavy (non-hydrogen) atoms. The van der Waals surface area contributed by atoms with E-state index in [-0.39, 0.29) is 17.3 Å². The summed E-state index contributed by atoms with van der Waals surface area (Å²) in [6.45, 7) is 0. The molecule has 118 valence electrons. The van der Waals surface area contributed by atoms with Crippen LogP contribution in [0, 0.1) is 10.1 Å². The summed E-state index contributed by atoms with van der Waals surface area (Å²) in [5.41, 5.74) is 8.04. The van der Waals surface area contributed by atoms with Gasteiger partial charge in [0.2, 0.25) is 5.91 Å². The van der Waals surface area contributed by atoms with Gasteiger partial charge in [-0.15, -0.1) is 0 Å². The molecule has 2 aromatic rings. The minimum atomic E-state index is -0.678. The van der Waals surface area contributed by atoms with Gasteiger partial charge in [0.15, 0.2) is 0 Å². The molecule has 6 heteroatoms. The maximum absolute atomic E-state index is 11.3. The van der Waals surface area contributed by atoms with E-state index >= 15 is 0 Å². The lowest BCUT2D eigenvalue weighted by Gasteiger charge is -2.27. The average molecular weight is 311 g/mol. The Morgan fingerprint density at radius 2 is 2.04 bits per heavy atom. The number of nitro benzene ring substituents is 1. The van der Waals surface area contributed by atoms with Crippen molar-refractivity contribution in [1.82, 2.24) is 0 Å². The first-order valence-corrected chi connectivity index (χ1v) is 7.49. The highest BCUT2D eigenvalue weighted by atomic mass is 16.6.